The second-order valence-electron chi connectivity index (χ2n) is 7.99. The van der Waals surface area contributed by atoms with Gasteiger partial charge >= 0.3 is 0 Å². The third-order valence-electron chi connectivity index (χ3n) is 5.52. The summed E-state index contributed by atoms with van der Waals surface area (Å²) in [5.41, 5.74) is 2.27. The highest BCUT2D eigenvalue weighted by atomic mass is 35.5. The number of hydrogen-bond acceptors (Lipinski definition) is 2. The molecule has 0 radical (unpaired) electrons. The van der Waals surface area contributed by atoms with Crippen molar-refractivity contribution in [3.05, 3.63) is 63.8 Å². The quantitative estimate of drug-likeness (QED) is 0.289. The molecule has 166 valence electrons. The number of benzene rings is 2. The van der Waals surface area contributed by atoms with Gasteiger partial charge in [-0.3, -0.25) is 9.48 Å². The fourth-order valence-electron chi connectivity index (χ4n) is 3.77. The van der Waals surface area contributed by atoms with Crippen LogP contribution in [0.5, 0.6) is 0 Å². The van der Waals surface area contributed by atoms with Crippen LogP contribution >= 0.6 is 23.2 Å². The Labute approximate surface area is 194 Å². The molecule has 1 heterocycles. The first-order valence-corrected chi connectivity index (χ1v) is 12.0. The lowest BCUT2D eigenvalue weighted by Crippen LogP contribution is -2.25. The maximum absolute atomic E-state index is 12.8. The molecule has 0 saturated heterocycles. The molecule has 31 heavy (non-hydrogen) atoms. The molecule has 0 aliphatic carbocycles. The molecular weight excluding hydrogens is 429 g/mol. The van der Waals surface area contributed by atoms with E-state index in [2.05, 4.69) is 17.3 Å². The van der Waals surface area contributed by atoms with Gasteiger partial charge in [-0.15, -0.1) is 0 Å². The van der Waals surface area contributed by atoms with Gasteiger partial charge in [0.1, 0.15) is 0 Å². The fraction of sp³-hybridized carbons (Fsp3) is 0.440. The highest BCUT2D eigenvalue weighted by molar-refractivity contribution is 6.35. The van der Waals surface area contributed by atoms with Gasteiger partial charge in [0.2, 0.25) is 0 Å². The number of nitrogens with zero attached hydrogens (tertiary/aromatic N) is 2. The van der Waals surface area contributed by atoms with Crippen molar-refractivity contribution in [3.8, 4) is 0 Å². The molecule has 2 aromatic carbocycles. The number of carbonyl (C=O) groups excluding carboxylic acids is 1. The predicted molar refractivity (Wildman–Crippen MR) is 130 cm³/mol. The number of halogens is 2. The molecule has 3 rings (SSSR count). The SMILES string of the molecule is CCCCCCCCCCNC(=O)c1nn(Cc2ccc(Cl)cc2Cl)c2ccccc12. The van der Waals surface area contributed by atoms with Gasteiger partial charge in [0.05, 0.1) is 12.1 Å². The van der Waals surface area contributed by atoms with Crippen LogP contribution in [-0.4, -0.2) is 22.2 Å². The number of nitrogens with one attached hydrogen (secondary N) is 1. The molecule has 6 heteroatoms. The Hall–Kier alpha value is -2.04. The molecule has 1 aromatic heterocycles. The maximum atomic E-state index is 12.8. The van der Waals surface area contributed by atoms with Crippen molar-refractivity contribution in [2.45, 2.75) is 64.8 Å². The van der Waals surface area contributed by atoms with Gasteiger partial charge in [0, 0.05) is 22.0 Å². The van der Waals surface area contributed by atoms with E-state index >= 15 is 0 Å². The minimum Gasteiger partial charge on any atom is -0.351 e. The molecule has 4 nitrogen and oxygen atoms in total. The van der Waals surface area contributed by atoms with Crippen LogP contribution in [0.2, 0.25) is 10.0 Å². The number of rotatable bonds is 12. The van der Waals surface area contributed by atoms with E-state index in [9.17, 15) is 4.79 Å². The number of unbranched alkanes of at least 4 members (excludes halogenated alkanes) is 7. The molecule has 0 fully saturated rings. The van der Waals surface area contributed by atoms with Crippen molar-refractivity contribution in [1.29, 1.82) is 0 Å². The number of fused-ring (bicyclic) bond motifs is 1. The van der Waals surface area contributed by atoms with Crippen LogP contribution in [0.1, 0.15) is 74.3 Å². The van der Waals surface area contributed by atoms with E-state index in [1.54, 1.807) is 6.07 Å². The monoisotopic (exact) mass is 459 g/mol. The summed E-state index contributed by atoms with van der Waals surface area (Å²) in [5.74, 6) is -0.125. The standard InChI is InChI=1S/C25H31Cl2N3O/c1-2-3-4-5-6-7-8-11-16-28-25(31)24-21-12-9-10-13-23(21)30(29-24)18-19-14-15-20(26)17-22(19)27/h9-10,12-15,17H,2-8,11,16,18H2,1H3,(H,28,31). The molecule has 0 spiro atoms. The minimum absolute atomic E-state index is 0.125. The van der Waals surface area contributed by atoms with E-state index in [0.717, 1.165) is 29.3 Å². The van der Waals surface area contributed by atoms with Gasteiger partial charge in [-0.05, 0) is 30.2 Å². The molecular formula is C25H31Cl2N3O. The summed E-state index contributed by atoms with van der Waals surface area (Å²) in [7, 11) is 0. The number of amides is 1. The summed E-state index contributed by atoms with van der Waals surface area (Å²) in [6.45, 7) is 3.39. The zero-order valence-electron chi connectivity index (χ0n) is 18.2. The Balaban J connectivity index is 1.58. The van der Waals surface area contributed by atoms with Gasteiger partial charge in [-0.25, -0.2) is 0 Å². The van der Waals surface area contributed by atoms with Crippen LogP contribution in [0.3, 0.4) is 0 Å². The fourth-order valence-corrected chi connectivity index (χ4v) is 4.24. The lowest BCUT2D eigenvalue weighted by molar-refractivity contribution is 0.0948. The van der Waals surface area contributed by atoms with Crippen molar-refractivity contribution in [2.24, 2.45) is 0 Å². The Morgan fingerprint density at radius 3 is 2.42 bits per heavy atom. The number of para-hydroxylation sites is 1. The van der Waals surface area contributed by atoms with Gasteiger partial charge in [0.15, 0.2) is 5.69 Å². The first-order valence-electron chi connectivity index (χ1n) is 11.3. The Bertz CT molecular complexity index is 1000. The summed E-state index contributed by atoms with van der Waals surface area (Å²) >= 11 is 12.3. The zero-order valence-corrected chi connectivity index (χ0v) is 19.7. The number of aromatic nitrogens is 2. The Morgan fingerprint density at radius 1 is 0.968 bits per heavy atom. The minimum atomic E-state index is -0.125. The second-order valence-corrected chi connectivity index (χ2v) is 8.83. The molecule has 0 saturated carbocycles. The third-order valence-corrected chi connectivity index (χ3v) is 6.11. The molecule has 3 aromatic rings. The van der Waals surface area contributed by atoms with E-state index in [4.69, 9.17) is 23.2 Å². The lowest BCUT2D eigenvalue weighted by atomic mass is 10.1. The van der Waals surface area contributed by atoms with Crippen molar-refractivity contribution in [2.75, 3.05) is 6.54 Å². The van der Waals surface area contributed by atoms with Gasteiger partial charge in [-0.2, -0.15) is 5.10 Å². The second kappa shape index (κ2) is 12.1. The van der Waals surface area contributed by atoms with Crippen molar-refractivity contribution < 1.29 is 4.79 Å². The van der Waals surface area contributed by atoms with E-state index in [1.165, 1.54) is 38.5 Å². The van der Waals surface area contributed by atoms with E-state index in [0.29, 0.717) is 28.8 Å². The topological polar surface area (TPSA) is 46.9 Å². The summed E-state index contributed by atoms with van der Waals surface area (Å²) < 4.78 is 1.83. The van der Waals surface area contributed by atoms with Crippen molar-refractivity contribution in [3.63, 3.8) is 0 Å². The van der Waals surface area contributed by atoms with Gasteiger partial charge < -0.3 is 5.32 Å². The maximum Gasteiger partial charge on any atom is 0.272 e. The first-order chi connectivity index (χ1) is 15.1. The summed E-state index contributed by atoms with van der Waals surface area (Å²) in [6.07, 6.45) is 9.94. The Kier molecular flexibility index (Phi) is 9.23. The van der Waals surface area contributed by atoms with Crippen LogP contribution < -0.4 is 5.32 Å². The highest BCUT2D eigenvalue weighted by Gasteiger charge is 2.17. The average molecular weight is 460 g/mol. The van der Waals surface area contributed by atoms with Gasteiger partial charge in [-0.1, -0.05) is 99.3 Å². The van der Waals surface area contributed by atoms with E-state index in [-0.39, 0.29) is 5.91 Å². The van der Waals surface area contributed by atoms with Crippen LogP contribution in [0, 0.1) is 0 Å². The molecule has 0 aliphatic heterocycles. The van der Waals surface area contributed by atoms with E-state index in [1.807, 2.05) is 41.1 Å². The Morgan fingerprint density at radius 2 is 1.68 bits per heavy atom. The van der Waals surface area contributed by atoms with Crippen molar-refractivity contribution >= 4 is 40.0 Å². The van der Waals surface area contributed by atoms with Crippen LogP contribution in [0.4, 0.5) is 0 Å². The summed E-state index contributed by atoms with van der Waals surface area (Å²) in [5, 5.41) is 9.69. The van der Waals surface area contributed by atoms with Crippen LogP contribution in [0.25, 0.3) is 10.9 Å². The lowest BCUT2D eigenvalue weighted by Gasteiger charge is -2.06. The van der Waals surface area contributed by atoms with Crippen LogP contribution in [0.15, 0.2) is 42.5 Å². The number of carbonyl (C=O) groups is 1. The van der Waals surface area contributed by atoms with E-state index < -0.39 is 0 Å². The molecule has 1 amide bonds. The largest absolute Gasteiger partial charge is 0.351 e. The molecule has 0 bridgehead atoms. The number of hydrogen-bond donors (Lipinski definition) is 1. The van der Waals surface area contributed by atoms with Crippen LogP contribution in [-0.2, 0) is 6.54 Å². The normalized spacial score (nSPS) is 11.2. The molecule has 0 atom stereocenters. The van der Waals surface area contributed by atoms with Gasteiger partial charge in [0.25, 0.3) is 5.91 Å². The predicted octanol–water partition coefficient (Wildman–Crippen LogP) is 7.26. The summed E-state index contributed by atoms with van der Waals surface area (Å²) in [6, 6.07) is 13.2. The smallest absolute Gasteiger partial charge is 0.272 e. The molecule has 0 aliphatic rings. The highest BCUT2D eigenvalue weighted by Crippen LogP contribution is 2.24. The summed E-state index contributed by atoms with van der Waals surface area (Å²) in [4.78, 5) is 12.8. The zero-order chi connectivity index (χ0) is 22.1. The molecule has 1 N–H and O–H groups in total. The van der Waals surface area contributed by atoms with Crippen molar-refractivity contribution in [1.82, 2.24) is 15.1 Å². The third kappa shape index (κ3) is 6.72. The molecule has 0 unspecified atom stereocenters. The first kappa shape index (κ1) is 23.6. The average Bonchev–Trinajstić information content (AvgIpc) is 3.13.